The van der Waals surface area contributed by atoms with Crippen molar-refractivity contribution in [2.75, 3.05) is 20.7 Å². The number of carbonyl (C=O) groups is 1. The Bertz CT molecular complexity index is 837. The highest BCUT2D eigenvalue weighted by Crippen LogP contribution is 2.24. The molecule has 0 amide bonds. The zero-order valence-corrected chi connectivity index (χ0v) is 13.9. The number of benzene rings is 1. The summed E-state index contributed by atoms with van der Waals surface area (Å²) in [5, 5.41) is 13.4. The minimum absolute atomic E-state index is 0.281. The molecule has 1 aromatic heterocycles. The smallest absolute Gasteiger partial charge is 0.338 e. The fourth-order valence-electron chi connectivity index (χ4n) is 2.49. The first-order chi connectivity index (χ1) is 10.9. The van der Waals surface area contributed by atoms with Crippen LogP contribution in [0.25, 0.3) is 10.8 Å². The van der Waals surface area contributed by atoms with Gasteiger partial charge in [-0.1, -0.05) is 0 Å². The van der Waals surface area contributed by atoms with Gasteiger partial charge >= 0.3 is 5.97 Å². The lowest BCUT2D eigenvalue weighted by atomic mass is 9.96. The van der Waals surface area contributed by atoms with E-state index in [9.17, 15) is 9.59 Å². The summed E-state index contributed by atoms with van der Waals surface area (Å²) in [6.45, 7) is 5.58. The Morgan fingerprint density at radius 2 is 2.13 bits per heavy atom. The number of hydrogen-bond acceptors (Lipinski definition) is 6. The van der Waals surface area contributed by atoms with E-state index < -0.39 is 5.97 Å². The summed E-state index contributed by atoms with van der Waals surface area (Å²) >= 11 is 0. The largest absolute Gasteiger partial charge is 0.462 e. The average Bonchev–Trinajstić information content (AvgIpc) is 2.46. The van der Waals surface area contributed by atoms with E-state index in [1.54, 1.807) is 45.2 Å². The fraction of sp³-hybridized carbons (Fsp3) is 0.375. The number of hydrogen-bond donors (Lipinski definition) is 1. The molecular formula is C16H20N4O3. The number of rotatable bonds is 4. The maximum absolute atomic E-state index is 12.2. The van der Waals surface area contributed by atoms with Crippen molar-refractivity contribution in [3.05, 3.63) is 38.8 Å². The van der Waals surface area contributed by atoms with Crippen LogP contribution in [0.15, 0.2) is 16.0 Å². The second kappa shape index (κ2) is 6.60. The molecule has 2 rings (SSSR count). The van der Waals surface area contributed by atoms with Gasteiger partial charge in [0.2, 0.25) is 0 Å². The molecule has 0 spiro atoms. The van der Waals surface area contributed by atoms with E-state index in [4.69, 9.17) is 4.74 Å². The highest BCUT2D eigenvalue weighted by Gasteiger charge is 2.19. The Kier molecular flexibility index (Phi) is 4.78. The molecule has 7 heteroatoms. The monoisotopic (exact) mass is 316 g/mol. The summed E-state index contributed by atoms with van der Waals surface area (Å²) in [7, 11) is 3.58. The minimum atomic E-state index is -0.427. The molecule has 0 unspecified atom stereocenters. The van der Waals surface area contributed by atoms with Crippen LogP contribution in [-0.2, 0) is 4.74 Å². The quantitative estimate of drug-likeness (QED) is 0.526. The second-order valence-corrected chi connectivity index (χ2v) is 5.37. The molecule has 0 aliphatic carbocycles. The van der Waals surface area contributed by atoms with Crippen LogP contribution in [-0.4, -0.2) is 48.1 Å². The van der Waals surface area contributed by atoms with Crippen LogP contribution in [0.4, 0.5) is 0 Å². The summed E-state index contributed by atoms with van der Waals surface area (Å²) in [4.78, 5) is 24.4. The molecule has 122 valence electrons. The van der Waals surface area contributed by atoms with E-state index in [1.807, 2.05) is 6.92 Å². The number of carbonyl (C=O) groups excluding carboxylic acids is 1. The van der Waals surface area contributed by atoms with Gasteiger partial charge in [0.05, 0.1) is 23.8 Å². The highest BCUT2D eigenvalue weighted by molar-refractivity contribution is 6.04. The Morgan fingerprint density at radius 3 is 2.74 bits per heavy atom. The van der Waals surface area contributed by atoms with Gasteiger partial charge < -0.3 is 9.75 Å². The standard InChI is InChI=1S/C16H20N4O3/c1-6-23-16(22)13-9(2)7-11-12(8-17-20(4)5)18-19-15(21)14(11)10(13)3/h7-8H,6H2,1-5H3,(H,19,21)/b17-8+. The lowest BCUT2D eigenvalue weighted by Gasteiger charge is -2.12. The molecule has 7 nitrogen and oxygen atoms in total. The number of aryl methyl sites for hydroxylation is 2. The van der Waals surface area contributed by atoms with E-state index in [0.29, 0.717) is 27.6 Å². The highest BCUT2D eigenvalue weighted by atomic mass is 16.5. The van der Waals surface area contributed by atoms with Gasteiger partial charge in [0, 0.05) is 19.5 Å². The van der Waals surface area contributed by atoms with Gasteiger partial charge in [-0.25, -0.2) is 9.89 Å². The lowest BCUT2D eigenvalue weighted by molar-refractivity contribution is 0.0525. The Hall–Kier alpha value is -2.70. The summed E-state index contributed by atoms with van der Waals surface area (Å²) in [6, 6.07) is 1.77. The van der Waals surface area contributed by atoms with Crippen molar-refractivity contribution in [3.63, 3.8) is 0 Å². The number of fused-ring (bicyclic) bond motifs is 1. The molecule has 23 heavy (non-hydrogen) atoms. The number of esters is 1. The van der Waals surface area contributed by atoms with E-state index in [1.165, 1.54) is 0 Å². The molecule has 0 fully saturated rings. The van der Waals surface area contributed by atoms with Crippen LogP contribution in [0.5, 0.6) is 0 Å². The van der Waals surface area contributed by atoms with Crippen LogP contribution in [0.3, 0.4) is 0 Å². The van der Waals surface area contributed by atoms with Gasteiger partial charge in [0.1, 0.15) is 5.69 Å². The maximum Gasteiger partial charge on any atom is 0.338 e. The van der Waals surface area contributed by atoms with Gasteiger partial charge in [-0.05, 0) is 38.0 Å². The van der Waals surface area contributed by atoms with Crippen LogP contribution < -0.4 is 5.56 Å². The molecular weight excluding hydrogens is 296 g/mol. The van der Waals surface area contributed by atoms with Crippen LogP contribution >= 0.6 is 0 Å². The molecule has 1 N–H and O–H groups in total. The zero-order valence-electron chi connectivity index (χ0n) is 13.9. The van der Waals surface area contributed by atoms with Crippen molar-refractivity contribution < 1.29 is 9.53 Å². The Morgan fingerprint density at radius 1 is 1.43 bits per heavy atom. The number of nitrogens with one attached hydrogen (secondary N) is 1. The number of hydrazone groups is 1. The van der Waals surface area contributed by atoms with Gasteiger partial charge in [-0.15, -0.1) is 0 Å². The van der Waals surface area contributed by atoms with E-state index in [2.05, 4.69) is 15.3 Å². The summed E-state index contributed by atoms with van der Waals surface area (Å²) in [5.74, 6) is -0.427. The third kappa shape index (κ3) is 3.23. The number of ether oxygens (including phenoxy) is 1. The first-order valence-electron chi connectivity index (χ1n) is 7.27. The molecule has 0 aliphatic rings. The first kappa shape index (κ1) is 16.7. The van der Waals surface area contributed by atoms with Crippen molar-refractivity contribution in [3.8, 4) is 0 Å². The Balaban J connectivity index is 2.78. The van der Waals surface area contributed by atoms with Crippen LogP contribution in [0.1, 0.15) is 34.1 Å². The zero-order chi connectivity index (χ0) is 17.1. The van der Waals surface area contributed by atoms with E-state index in [0.717, 1.165) is 5.56 Å². The summed E-state index contributed by atoms with van der Waals surface area (Å²) in [6.07, 6.45) is 1.57. The number of nitrogens with zero attached hydrogens (tertiary/aromatic N) is 3. The predicted molar refractivity (Wildman–Crippen MR) is 89.1 cm³/mol. The average molecular weight is 316 g/mol. The van der Waals surface area contributed by atoms with Crippen molar-refractivity contribution in [1.82, 2.24) is 15.2 Å². The lowest BCUT2D eigenvalue weighted by Crippen LogP contribution is -2.17. The minimum Gasteiger partial charge on any atom is -0.462 e. The molecule has 1 heterocycles. The maximum atomic E-state index is 12.2. The normalized spacial score (nSPS) is 11.2. The molecule has 0 radical (unpaired) electrons. The van der Waals surface area contributed by atoms with Crippen molar-refractivity contribution in [2.24, 2.45) is 5.10 Å². The number of aromatic nitrogens is 2. The fourth-order valence-corrected chi connectivity index (χ4v) is 2.49. The van der Waals surface area contributed by atoms with Crippen molar-refractivity contribution >= 4 is 23.0 Å². The van der Waals surface area contributed by atoms with Crippen LogP contribution in [0.2, 0.25) is 0 Å². The van der Waals surface area contributed by atoms with E-state index >= 15 is 0 Å². The number of H-pyrrole nitrogens is 1. The van der Waals surface area contributed by atoms with E-state index in [-0.39, 0.29) is 12.2 Å². The molecule has 0 saturated carbocycles. The van der Waals surface area contributed by atoms with Gasteiger partial charge in [0.15, 0.2) is 0 Å². The molecule has 1 aromatic carbocycles. The number of aromatic amines is 1. The SMILES string of the molecule is CCOC(=O)c1c(C)cc2c(/C=N/N(C)C)n[nH]c(=O)c2c1C. The first-order valence-corrected chi connectivity index (χ1v) is 7.27. The second-order valence-electron chi connectivity index (χ2n) is 5.37. The molecule has 2 aromatic rings. The van der Waals surface area contributed by atoms with Crippen molar-refractivity contribution in [2.45, 2.75) is 20.8 Å². The van der Waals surface area contributed by atoms with Crippen molar-refractivity contribution in [1.29, 1.82) is 0 Å². The predicted octanol–water partition coefficient (Wildman–Crippen LogP) is 1.61. The molecule has 0 saturated heterocycles. The van der Waals surface area contributed by atoms with Crippen LogP contribution in [0, 0.1) is 13.8 Å². The molecule has 0 aliphatic heterocycles. The summed E-state index contributed by atoms with van der Waals surface area (Å²) < 4.78 is 5.09. The van der Waals surface area contributed by atoms with Gasteiger partial charge in [-0.2, -0.15) is 10.2 Å². The summed E-state index contributed by atoms with van der Waals surface area (Å²) in [5.41, 5.74) is 1.94. The molecule has 0 bridgehead atoms. The third-order valence-electron chi connectivity index (χ3n) is 3.45. The van der Waals surface area contributed by atoms with Gasteiger partial charge in [-0.3, -0.25) is 4.79 Å². The Labute approximate surface area is 134 Å². The van der Waals surface area contributed by atoms with Gasteiger partial charge in [0.25, 0.3) is 5.56 Å². The topological polar surface area (TPSA) is 87.7 Å². The third-order valence-corrected chi connectivity index (χ3v) is 3.45. The molecule has 0 atom stereocenters.